The molecule has 0 aliphatic heterocycles. The van der Waals surface area contributed by atoms with Crippen molar-refractivity contribution in [3.63, 3.8) is 0 Å². The minimum atomic E-state index is -4.80. The molecule has 1 aliphatic rings. The molecule has 8 heteroatoms. The highest BCUT2D eigenvalue weighted by atomic mass is 32.2. The molecule has 0 saturated carbocycles. The van der Waals surface area contributed by atoms with Gasteiger partial charge in [0.05, 0.1) is 5.69 Å². The Balaban J connectivity index is 2.15. The van der Waals surface area contributed by atoms with Gasteiger partial charge in [-0.15, -0.1) is 0 Å². The summed E-state index contributed by atoms with van der Waals surface area (Å²) in [6, 6.07) is 9.09. The number of alkyl halides is 3. The van der Waals surface area contributed by atoms with Crippen molar-refractivity contribution < 1.29 is 13.2 Å². The fraction of sp³-hybridized carbons (Fsp3) is 0.312. The van der Waals surface area contributed by atoms with E-state index < -0.39 is 12.0 Å². The fourth-order valence-corrected chi connectivity index (χ4v) is 3.55. The molecular formula is C16H15F3N4S. The fourth-order valence-electron chi connectivity index (χ4n) is 2.69. The third kappa shape index (κ3) is 3.24. The molecule has 3 rings (SSSR count). The maximum absolute atomic E-state index is 13.1. The first-order valence-electron chi connectivity index (χ1n) is 7.46. The van der Waals surface area contributed by atoms with Crippen molar-refractivity contribution in [3.8, 4) is 0 Å². The monoisotopic (exact) mass is 352 g/mol. The van der Waals surface area contributed by atoms with Crippen LogP contribution >= 0.6 is 11.8 Å². The van der Waals surface area contributed by atoms with Crippen LogP contribution in [0.15, 0.2) is 40.3 Å². The predicted octanol–water partition coefficient (Wildman–Crippen LogP) is 3.78. The van der Waals surface area contributed by atoms with Gasteiger partial charge in [0.2, 0.25) is 5.84 Å². The molecule has 0 spiro atoms. The number of nitrogens with one attached hydrogen (secondary N) is 2. The number of benzene rings is 1. The van der Waals surface area contributed by atoms with Crippen LogP contribution in [0.25, 0.3) is 0 Å². The summed E-state index contributed by atoms with van der Waals surface area (Å²) < 4.78 is 40.0. The Labute approximate surface area is 140 Å². The van der Waals surface area contributed by atoms with Gasteiger partial charge in [-0.1, -0.05) is 30.0 Å². The van der Waals surface area contributed by atoms with Gasteiger partial charge >= 0.3 is 6.18 Å². The lowest BCUT2D eigenvalue weighted by Crippen LogP contribution is -2.41. The first-order chi connectivity index (χ1) is 11.4. The van der Waals surface area contributed by atoms with Crippen LogP contribution in [0.3, 0.4) is 0 Å². The summed E-state index contributed by atoms with van der Waals surface area (Å²) in [5.74, 6) is -1.53. The molecule has 1 aliphatic carbocycles. The van der Waals surface area contributed by atoms with Gasteiger partial charge in [0, 0.05) is 10.6 Å². The van der Waals surface area contributed by atoms with Crippen molar-refractivity contribution in [1.29, 1.82) is 10.8 Å². The molecule has 24 heavy (non-hydrogen) atoms. The SMILES string of the molecule is N=C(n1c2c(nc(Sc3ccccc3)c1=N)CCCC2)C(F)(F)F. The van der Waals surface area contributed by atoms with Crippen LogP contribution in [0.4, 0.5) is 13.2 Å². The van der Waals surface area contributed by atoms with E-state index in [9.17, 15) is 13.2 Å². The zero-order chi connectivity index (χ0) is 17.3. The molecule has 0 bridgehead atoms. The van der Waals surface area contributed by atoms with Crippen LogP contribution in [0.1, 0.15) is 24.2 Å². The highest BCUT2D eigenvalue weighted by Gasteiger charge is 2.38. The molecule has 0 radical (unpaired) electrons. The van der Waals surface area contributed by atoms with E-state index in [-0.39, 0.29) is 10.5 Å². The molecule has 0 amide bonds. The van der Waals surface area contributed by atoms with Crippen LogP contribution < -0.4 is 5.49 Å². The van der Waals surface area contributed by atoms with Gasteiger partial charge < -0.3 is 0 Å². The largest absolute Gasteiger partial charge is 0.449 e. The maximum atomic E-state index is 13.1. The minimum Gasteiger partial charge on any atom is -0.282 e. The number of aromatic nitrogens is 2. The summed E-state index contributed by atoms with van der Waals surface area (Å²) in [4.78, 5) is 5.21. The highest BCUT2D eigenvalue weighted by molar-refractivity contribution is 7.99. The Kier molecular flexibility index (Phi) is 4.49. The van der Waals surface area contributed by atoms with Gasteiger partial charge in [0.15, 0.2) is 5.49 Å². The summed E-state index contributed by atoms with van der Waals surface area (Å²) in [6.45, 7) is 0. The number of aryl methyl sites for hydroxylation is 1. The minimum absolute atomic E-state index is 0.191. The van der Waals surface area contributed by atoms with Gasteiger partial charge in [-0.3, -0.25) is 15.4 Å². The summed E-state index contributed by atoms with van der Waals surface area (Å²) in [6.07, 6.45) is -2.23. The Morgan fingerprint density at radius 1 is 1.12 bits per heavy atom. The van der Waals surface area contributed by atoms with Crippen LogP contribution in [-0.4, -0.2) is 21.6 Å². The predicted molar refractivity (Wildman–Crippen MR) is 84.5 cm³/mol. The van der Waals surface area contributed by atoms with E-state index in [1.807, 2.05) is 30.3 Å². The molecule has 0 atom stereocenters. The first-order valence-corrected chi connectivity index (χ1v) is 8.28. The number of rotatable bonds is 2. The second-order valence-corrected chi connectivity index (χ2v) is 6.53. The molecule has 2 aromatic rings. The van der Waals surface area contributed by atoms with Crippen molar-refractivity contribution in [2.24, 2.45) is 0 Å². The van der Waals surface area contributed by atoms with Crippen molar-refractivity contribution in [2.75, 3.05) is 0 Å². The van der Waals surface area contributed by atoms with Crippen molar-refractivity contribution in [3.05, 3.63) is 47.2 Å². The Morgan fingerprint density at radius 2 is 1.79 bits per heavy atom. The zero-order valence-electron chi connectivity index (χ0n) is 12.7. The van der Waals surface area contributed by atoms with Gasteiger partial charge in [-0.05, 0) is 37.8 Å². The van der Waals surface area contributed by atoms with Crippen LogP contribution in [-0.2, 0) is 12.8 Å². The normalized spacial score (nSPS) is 14.3. The molecule has 1 aromatic carbocycles. The van der Waals surface area contributed by atoms with E-state index in [0.29, 0.717) is 28.8 Å². The summed E-state index contributed by atoms with van der Waals surface area (Å²) in [7, 11) is 0. The number of hydrogen-bond donors (Lipinski definition) is 2. The van der Waals surface area contributed by atoms with Gasteiger partial charge in [0.1, 0.15) is 5.03 Å². The number of fused-ring (bicyclic) bond motifs is 1. The summed E-state index contributed by atoms with van der Waals surface area (Å²) in [5, 5.41) is 15.9. The van der Waals surface area contributed by atoms with E-state index in [4.69, 9.17) is 10.8 Å². The molecule has 126 valence electrons. The Bertz CT molecular complexity index is 828. The number of hydrogen-bond acceptors (Lipinski definition) is 4. The quantitative estimate of drug-likeness (QED) is 0.638. The number of halogens is 3. The zero-order valence-corrected chi connectivity index (χ0v) is 13.5. The smallest absolute Gasteiger partial charge is 0.282 e. The van der Waals surface area contributed by atoms with Gasteiger partial charge in [-0.2, -0.15) is 13.2 Å². The Morgan fingerprint density at radius 3 is 2.46 bits per heavy atom. The highest BCUT2D eigenvalue weighted by Crippen LogP contribution is 2.28. The summed E-state index contributed by atoms with van der Waals surface area (Å²) >= 11 is 1.15. The molecule has 1 aromatic heterocycles. The van der Waals surface area contributed by atoms with E-state index in [1.165, 1.54) is 0 Å². The topological polar surface area (TPSA) is 65.5 Å². The van der Waals surface area contributed by atoms with E-state index in [0.717, 1.165) is 29.5 Å². The second kappa shape index (κ2) is 6.43. The summed E-state index contributed by atoms with van der Waals surface area (Å²) in [5.41, 5.74) is 0.516. The van der Waals surface area contributed by atoms with E-state index >= 15 is 0 Å². The molecule has 0 fully saturated rings. The van der Waals surface area contributed by atoms with Crippen LogP contribution in [0.2, 0.25) is 0 Å². The lowest BCUT2D eigenvalue weighted by molar-refractivity contribution is -0.0628. The molecule has 2 N–H and O–H groups in total. The average Bonchev–Trinajstić information content (AvgIpc) is 2.55. The van der Waals surface area contributed by atoms with Gasteiger partial charge in [-0.25, -0.2) is 4.98 Å². The second-order valence-electron chi connectivity index (χ2n) is 5.46. The van der Waals surface area contributed by atoms with Crippen molar-refractivity contribution in [2.45, 2.75) is 41.8 Å². The van der Waals surface area contributed by atoms with Crippen LogP contribution in [0.5, 0.6) is 0 Å². The Hall–Kier alpha value is -2.09. The lowest BCUT2D eigenvalue weighted by Gasteiger charge is -2.23. The van der Waals surface area contributed by atoms with Crippen molar-refractivity contribution >= 4 is 17.6 Å². The van der Waals surface area contributed by atoms with E-state index in [1.54, 1.807) is 0 Å². The number of nitrogens with zero attached hydrogens (tertiary/aromatic N) is 2. The molecule has 4 nitrogen and oxygen atoms in total. The molecule has 0 saturated heterocycles. The molecular weight excluding hydrogens is 337 g/mol. The van der Waals surface area contributed by atoms with Crippen molar-refractivity contribution in [1.82, 2.24) is 9.55 Å². The maximum Gasteiger partial charge on any atom is 0.449 e. The third-order valence-electron chi connectivity index (χ3n) is 3.79. The standard InChI is InChI=1S/C16H15F3N4S/c17-16(18,19)15(21)23-12-9-5-4-8-11(12)22-14(13(23)20)24-10-6-2-1-3-7-10/h1-3,6-7,20-21H,4-5,8-9H2. The molecule has 0 unspecified atom stereocenters. The first kappa shape index (κ1) is 16.8. The van der Waals surface area contributed by atoms with Crippen LogP contribution in [0, 0.1) is 10.8 Å². The molecule has 1 heterocycles. The lowest BCUT2D eigenvalue weighted by atomic mass is 10.00. The van der Waals surface area contributed by atoms with Gasteiger partial charge in [0.25, 0.3) is 0 Å². The average molecular weight is 352 g/mol. The third-order valence-corrected chi connectivity index (χ3v) is 4.78. The van der Waals surface area contributed by atoms with E-state index in [2.05, 4.69) is 4.98 Å².